The Morgan fingerprint density at radius 3 is 2.27 bits per heavy atom. The first kappa shape index (κ1) is 18.1. The number of hydrogen-bond donors (Lipinski definition) is 3. The molecule has 0 aromatic heterocycles. The average Bonchev–Trinajstić information content (AvgIpc) is 2.42. The lowest BCUT2D eigenvalue weighted by Crippen LogP contribution is -2.41. The molecular formula is C14H20N2O5S. The number of amides is 1. The zero-order valence-electron chi connectivity index (χ0n) is 12.5. The molecule has 1 rings (SSSR count). The van der Waals surface area contributed by atoms with Gasteiger partial charge in [0.2, 0.25) is 5.91 Å². The van der Waals surface area contributed by atoms with Gasteiger partial charge in [-0.15, -0.1) is 0 Å². The van der Waals surface area contributed by atoms with Crippen LogP contribution in [0.15, 0.2) is 29.2 Å². The number of sulfone groups is 1. The smallest absolute Gasteiger partial charge is 0.320 e. The van der Waals surface area contributed by atoms with Crippen LogP contribution in [-0.4, -0.2) is 44.2 Å². The van der Waals surface area contributed by atoms with Crippen molar-refractivity contribution in [3.63, 3.8) is 0 Å². The summed E-state index contributed by atoms with van der Waals surface area (Å²) in [7, 11) is -3.28. The molecule has 1 atom stereocenters. The van der Waals surface area contributed by atoms with Crippen LogP contribution in [0.2, 0.25) is 0 Å². The van der Waals surface area contributed by atoms with E-state index in [0.29, 0.717) is 18.5 Å². The van der Waals surface area contributed by atoms with Gasteiger partial charge in [0.05, 0.1) is 11.4 Å². The maximum atomic E-state index is 11.7. The van der Waals surface area contributed by atoms with Gasteiger partial charge < -0.3 is 10.4 Å². The SMILES string of the molecule is CCCC(NCC(=O)Nc1ccc(S(C)(=O)=O)cc1)C(=O)O. The number of carboxylic acid groups (broad SMARTS) is 1. The molecule has 0 heterocycles. The number of rotatable bonds is 8. The average molecular weight is 328 g/mol. The van der Waals surface area contributed by atoms with Crippen molar-refractivity contribution in [3.8, 4) is 0 Å². The lowest BCUT2D eigenvalue weighted by molar-refractivity contribution is -0.139. The fraction of sp³-hybridized carbons (Fsp3) is 0.429. The Morgan fingerprint density at radius 1 is 1.23 bits per heavy atom. The van der Waals surface area contributed by atoms with Crippen molar-refractivity contribution < 1.29 is 23.1 Å². The van der Waals surface area contributed by atoms with Crippen LogP contribution in [0.5, 0.6) is 0 Å². The van der Waals surface area contributed by atoms with Crippen LogP contribution in [0, 0.1) is 0 Å². The van der Waals surface area contributed by atoms with Gasteiger partial charge in [-0.05, 0) is 30.7 Å². The molecule has 0 aliphatic heterocycles. The summed E-state index contributed by atoms with van der Waals surface area (Å²) in [6.45, 7) is 1.73. The molecule has 8 heteroatoms. The van der Waals surface area contributed by atoms with Crippen molar-refractivity contribution in [3.05, 3.63) is 24.3 Å². The third kappa shape index (κ3) is 5.82. The van der Waals surface area contributed by atoms with E-state index >= 15 is 0 Å². The van der Waals surface area contributed by atoms with Gasteiger partial charge in [-0.1, -0.05) is 13.3 Å². The largest absolute Gasteiger partial charge is 0.480 e. The molecule has 3 N–H and O–H groups in total. The molecule has 1 aromatic carbocycles. The minimum Gasteiger partial charge on any atom is -0.480 e. The number of carbonyl (C=O) groups excluding carboxylic acids is 1. The molecule has 0 aliphatic rings. The van der Waals surface area contributed by atoms with Crippen LogP contribution >= 0.6 is 0 Å². The summed E-state index contributed by atoms with van der Waals surface area (Å²) in [5.74, 6) is -1.39. The van der Waals surface area contributed by atoms with Crippen molar-refractivity contribution in [1.29, 1.82) is 0 Å². The Bertz CT molecular complexity index is 625. The number of anilines is 1. The fourth-order valence-electron chi connectivity index (χ4n) is 1.81. The zero-order chi connectivity index (χ0) is 16.8. The molecule has 1 amide bonds. The third-order valence-electron chi connectivity index (χ3n) is 2.95. The second kappa shape index (κ2) is 7.90. The Kier molecular flexibility index (Phi) is 6.51. The predicted octanol–water partition coefficient (Wildman–Crippen LogP) is 0.871. The van der Waals surface area contributed by atoms with Gasteiger partial charge in [-0.3, -0.25) is 14.9 Å². The maximum absolute atomic E-state index is 11.7. The van der Waals surface area contributed by atoms with E-state index in [0.717, 1.165) is 6.26 Å². The zero-order valence-corrected chi connectivity index (χ0v) is 13.3. The number of aliphatic carboxylic acids is 1. The third-order valence-corrected chi connectivity index (χ3v) is 4.08. The lowest BCUT2D eigenvalue weighted by atomic mass is 10.2. The summed E-state index contributed by atoms with van der Waals surface area (Å²) in [4.78, 5) is 22.8. The van der Waals surface area contributed by atoms with Crippen molar-refractivity contribution >= 4 is 27.4 Å². The number of nitrogens with one attached hydrogen (secondary N) is 2. The fourth-order valence-corrected chi connectivity index (χ4v) is 2.44. The Labute approximate surface area is 129 Å². The van der Waals surface area contributed by atoms with Crippen molar-refractivity contribution in [1.82, 2.24) is 5.32 Å². The number of carboxylic acids is 1. The second-order valence-corrected chi connectivity index (χ2v) is 6.92. The van der Waals surface area contributed by atoms with E-state index in [-0.39, 0.29) is 11.4 Å². The highest BCUT2D eigenvalue weighted by Gasteiger charge is 2.16. The summed E-state index contributed by atoms with van der Waals surface area (Å²) in [6.07, 6.45) is 2.23. The van der Waals surface area contributed by atoms with Crippen LogP contribution in [0.3, 0.4) is 0 Å². The van der Waals surface area contributed by atoms with E-state index < -0.39 is 27.8 Å². The predicted molar refractivity (Wildman–Crippen MR) is 82.5 cm³/mol. The molecule has 0 bridgehead atoms. The van der Waals surface area contributed by atoms with Gasteiger partial charge in [-0.2, -0.15) is 0 Å². The molecule has 0 aliphatic carbocycles. The number of hydrogen-bond acceptors (Lipinski definition) is 5. The monoisotopic (exact) mass is 328 g/mol. The van der Waals surface area contributed by atoms with Crippen molar-refractivity contribution in [2.75, 3.05) is 18.1 Å². The van der Waals surface area contributed by atoms with Crippen LogP contribution in [0.25, 0.3) is 0 Å². The van der Waals surface area contributed by atoms with E-state index in [1.807, 2.05) is 6.92 Å². The van der Waals surface area contributed by atoms with Gasteiger partial charge in [0.25, 0.3) is 0 Å². The topological polar surface area (TPSA) is 113 Å². The summed E-state index contributed by atoms with van der Waals surface area (Å²) in [5, 5.41) is 14.2. The van der Waals surface area contributed by atoms with Crippen molar-refractivity contribution in [2.45, 2.75) is 30.7 Å². The van der Waals surface area contributed by atoms with Crippen LogP contribution < -0.4 is 10.6 Å². The molecule has 1 aromatic rings. The number of carbonyl (C=O) groups is 2. The molecular weight excluding hydrogens is 308 g/mol. The van der Waals surface area contributed by atoms with Crippen LogP contribution in [-0.2, 0) is 19.4 Å². The van der Waals surface area contributed by atoms with E-state index in [9.17, 15) is 18.0 Å². The normalized spacial score (nSPS) is 12.6. The first-order chi connectivity index (χ1) is 10.2. The van der Waals surface area contributed by atoms with Crippen LogP contribution in [0.1, 0.15) is 19.8 Å². The van der Waals surface area contributed by atoms with E-state index in [1.54, 1.807) is 0 Å². The standard InChI is InChI=1S/C14H20N2O5S/c1-3-4-12(14(18)19)15-9-13(17)16-10-5-7-11(8-6-10)22(2,20)21/h5-8,12,15H,3-4,9H2,1-2H3,(H,16,17)(H,18,19). The molecule has 0 saturated heterocycles. The van der Waals surface area contributed by atoms with Crippen molar-refractivity contribution in [2.24, 2.45) is 0 Å². The molecule has 0 radical (unpaired) electrons. The summed E-state index contributed by atoms with van der Waals surface area (Å²) >= 11 is 0. The lowest BCUT2D eigenvalue weighted by Gasteiger charge is -2.13. The van der Waals surface area contributed by atoms with E-state index in [4.69, 9.17) is 5.11 Å². The molecule has 7 nitrogen and oxygen atoms in total. The van der Waals surface area contributed by atoms with Gasteiger partial charge >= 0.3 is 5.97 Å². The van der Waals surface area contributed by atoms with Gasteiger partial charge in [0.1, 0.15) is 6.04 Å². The quantitative estimate of drug-likeness (QED) is 0.653. The highest BCUT2D eigenvalue weighted by molar-refractivity contribution is 7.90. The molecule has 122 valence electrons. The summed E-state index contributed by atoms with van der Waals surface area (Å²) < 4.78 is 22.6. The molecule has 1 unspecified atom stereocenters. The van der Waals surface area contributed by atoms with Crippen LogP contribution in [0.4, 0.5) is 5.69 Å². The minimum atomic E-state index is -3.28. The Morgan fingerprint density at radius 2 is 1.82 bits per heavy atom. The highest BCUT2D eigenvalue weighted by Crippen LogP contribution is 2.13. The summed E-state index contributed by atoms with van der Waals surface area (Å²) in [5.41, 5.74) is 0.446. The molecule has 0 fully saturated rings. The molecule has 0 spiro atoms. The molecule has 22 heavy (non-hydrogen) atoms. The molecule has 0 saturated carbocycles. The Hall–Kier alpha value is -1.93. The number of benzene rings is 1. The maximum Gasteiger partial charge on any atom is 0.320 e. The summed E-state index contributed by atoms with van der Waals surface area (Å²) in [6, 6.07) is 5.00. The van der Waals surface area contributed by atoms with E-state index in [2.05, 4.69) is 10.6 Å². The minimum absolute atomic E-state index is 0.134. The first-order valence-corrected chi connectivity index (χ1v) is 8.69. The Balaban J connectivity index is 2.56. The highest BCUT2D eigenvalue weighted by atomic mass is 32.2. The van der Waals surface area contributed by atoms with Gasteiger partial charge in [0, 0.05) is 11.9 Å². The van der Waals surface area contributed by atoms with Gasteiger partial charge in [-0.25, -0.2) is 8.42 Å². The first-order valence-electron chi connectivity index (χ1n) is 6.80. The second-order valence-electron chi connectivity index (χ2n) is 4.91. The van der Waals surface area contributed by atoms with Gasteiger partial charge in [0.15, 0.2) is 9.84 Å². The van der Waals surface area contributed by atoms with E-state index in [1.165, 1.54) is 24.3 Å².